The van der Waals surface area contributed by atoms with E-state index in [4.69, 9.17) is 17.0 Å². The van der Waals surface area contributed by atoms with Crippen molar-refractivity contribution < 1.29 is 9.18 Å². The Hall–Kier alpha value is -3.20. The van der Waals surface area contributed by atoms with Gasteiger partial charge < -0.3 is 26.7 Å². The van der Waals surface area contributed by atoms with Gasteiger partial charge in [0.15, 0.2) is 5.82 Å². The summed E-state index contributed by atoms with van der Waals surface area (Å²) in [6, 6.07) is 6.17. The van der Waals surface area contributed by atoms with Gasteiger partial charge >= 0.3 is 0 Å². The van der Waals surface area contributed by atoms with Gasteiger partial charge in [0.05, 0.1) is 18.4 Å². The molecule has 2 aromatic rings. The van der Waals surface area contributed by atoms with Crippen LogP contribution in [0.2, 0.25) is 5.02 Å². The smallest absolute Gasteiger partial charge is 0.239 e. The topological polar surface area (TPSA) is 115 Å². The Morgan fingerprint density at radius 2 is 2.22 bits per heavy atom. The second-order valence-corrected chi connectivity index (χ2v) is 5.70. The molecule has 8 nitrogen and oxygen atoms in total. The van der Waals surface area contributed by atoms with E-state index in [1.54, 1.807) is 12.1 Å². The van der Waals surface area contributed by atoms with E-state index in [0.717, 1.165) is 11.8 Å². The van der Waals surface area contributed by atoms with Crippen molar-refractivity contribution in [1.29, 1.82) is 5.41 Å². The van der Waals surface area contributed by atoms with E-state index in [2.05, 4.69) is 31.2 Å². The molecule has 2 rings (SSSR count). The van der Waals surface area contributed by atoms with Gasteiger partial charge in [0.25, 0.3) is 0 Å². The number of likely N-dealkylation sites (N-methyl/N-ethyl adjacent to an activating group) is 1. The molecular weight excluding hydrogens is 373 g/mol. The molecule has 0 atom stereocenters. The number of nitrogens with zero attached hydrogens (tertiary/aromatic N) is 2. The SMILES string of the molecule is CNC(=O)CN/C=C(\C=N)Nc1ncc(Cl)c(NCc2cccc(F)c2)n1. The van der Waals surface area contributed by atoms with Gasteiger partial charge in [0.1, 0.15) is 10.8 Å². The Morgan fingerprint density at radius 1 is 1.41 bits per heavy atom. The van der Waals surface area contributed by atoms with Gasteiger partial charge in [-0.15, -0.1) is 0 Å². The van der Waals surface area contributed by atoms with Gasteiger partial charge in [-0.2, -0.15) is 4.98 Å². The number of amides is 1. The maximum atomic E-state index is 13.2. The summed E-state index contributed by atoms with van der Waals surface area (Å²) in [5.74, 6) is 0.0522. The van der Waals surface area contributed by atoms with Crippen molar-refractivity contribution in [2.75, 3.05) is 24.2 Å². The van der Waals surface area contributed by atoms with Crippen LogP contribution in [-0.4, -0.2) is 35.7 Å². The molecule has 27 heavy (non-hydrogen) atoms. The van der Waals surface area contributed by atoms with Crippen molar-refractivity contribution in [2.45, 2.75) is 6.54 Å². The molecule has 0 aliphatic carbocycles. The Bertz CT molecular complexity index is 844. The van der Waals surface area contributed by atoms with Crippen LogP contribution in [0.5, 0.6) is 0 Å². The highest BCUT2D eigenvalue weighted by Gasteiger charge is 2.07. The number of nitrogens with one attached hydrogen (secondary N) is 5. The first kappa shape index (κ1) is 20.1. The zero-order valence-electron chi connectivity index (χ0n) is 14.5. The lowest BCUT2D eigenvalue weighted by Gasteiger charge is -2.11. The standard InChI is InChI=1S/C17H19ClFN7O/c1-21-15(27)10-22-8-13(6-20)25-17-24-9-14(18)16(26-17)23-7-11-3-2-4-12(19)5-11/h2-6,8-9,20,22H,7,10H2,1H3,(H,21,27)(H2,23,24,25,26)/b13-8+,20-6?. The van der Waals surface area contributed by atoms with E-state index in [1.165, 1.54) is 31.6 Å². The molecule has 1 aromatic carbocycles. The third kappa shape index (κ3) is 6.55. The maximum Gasteiger partial charge on any atom is 0.239 e. The lowest BCUT2D eigenvalue weighted by molar-refractivity contribution is -0.119. The van der Waals surface area contributed by atoms with E-state index in [-0.39, 0.29) is 24.2 Å². The minimum absolute atomic E-state index is 0.0669. The molecule has 0 bridgehead atoms. The average Bonchev–Trinajstić information content (AvgIpc) is 2.67. The zero-order valence-corrected chi connectivity index (χ0v) is 15.3. The van der Waals surface area contributed by atoms with Gasteiger partial charge in [-0.1, -0.05) is 23.7 Å². The van der Waals surface area contributed by atoms with Crippen molar-refractivity contribution in [3.05, 3.63) is 58.8 Å². The number of benzene rings is 1. The Labute approximate surface area is 160 Å². The fraction of sp³-hybridized carbons (Fsp3) is 0.176. The number of carbonyl (C=O) groups excluding carboxylic acids is 1. The fourth-order valence-corrected chi connectivity index (χ4v) is 2.13. The van der Waals surface area contributed by atoms with Crippen LogP contribution in [0.1, 0.15) is 5.56 Å². The third-order valence-electron chi connectivity index (χ3n) is 3.30. The van der Waals surface area contributed by atoms with Crippen molar-refractivity contribution in [2.24, 2.45) is 0 Å². The predicted octanol–water partition coefficient (Wildman–Crippen LogP) is 2.12. The summed E-state index contributed by atoms with van der Waals surface area (Å²) in [5, 5.41) is 18.8. The fourth-order valence-electron chi connectivity index (χ4n) is 1.97. The Balaban J connectivity index is 2.03. The van der Waals surface area contributed by atoms with E-state index >= 15 is 0 Å². The highest BCUT2D eigenvalue weighted by Crippen LogP contribution is 2.20. The summed E-state index contributed by atoms with van der Waals surface area (Å²) >= 11 is 6.09. The molecule has 0 spiro atoms. The van der Waals surface area contributed by atoms with Crippen molar-refractivity contribution >= 4 is 35.5 Å². The molecule has 0 saturated carbocycles. The molecule has 0 aliphatic rings. The summed E-state index contributed by atoms with van der Waals surface area (Å²) < 4.78 is 13.2. The summed E-state index contributed by atoms with van der Waals surface area (Å²) in [5.41, 5.74) is 1.08. The van der Waals surface area contributed by atoms with Crippen LogP contribution in [0.4, 0.5) is 16.2 Å². The minimum Gasteiger partial charge on any atom is -0.380 e. The average molecular weight is 392 g/mol. The van der Waals surface area contributed by atoms with Crippen LogP contribution >= 0.6 is 11.6 Å². The van der Waals surface area contributed by atoms with Gasteiger partial charge in [0, 0.05) is 26.0 Å². The van der Waals surface area contributed by atoms with Crippen LogP contribution in [0.3, 0.4) is 0 Å². The highest BCUT2D eigenvalue weighted by molar-refractivity contribution is 6.32. The minimum atomic E-state index is -0.324. The Kier molecular flexibility index (Phi) is 7.50. The molecule has 1 amide bonds. The molecule has 0 fully saturated rings. The van der Waals surface area contributed by atoms with Gasteiger partial charge in [0.2, 0.25) is 11.9 Å². The lowest BCUT2D eigenvalue weighted by Crippen LogP contribution is -2.29. The van der Waals surface area contributed by atoms with Crippen LogP contribution in [-0.2, 0) is 11.3 Å². The van der Waals surface area contributed by atoms with Crippen molar-refractivity contribution in [3.63, 3.8) is 0 Å². The highest BCUT2D eigenvalue weighted by atomic mass is 35.5. The quantitative estimate of drug-likeness (QED) is 0.418. The third-order valence-corrected chi connectivity index (χ3v) is 3.58. The van der Waals surface area contributed by atoms with Crippen LogP contribution in [0.25, 0.3) is 0 Å². The summed E-state index contributed by atoms with van der Waals surface area (Å²) in [6.45, 7) is 0.395. The number of hydrogen-bond donors (Lipinski definition) is 5. The molecular formula is C17H19ClFN7O. The maximum absolute atomic E-state index is 13.2. The lowest BCUT2D eigenvalue weighted by atomic mass is 10.2. The second kappa shape index (κ2) is 10.1. The number of anilines is 2. The number of halogens is 2. The van der Waals surface area contributed by atoms with Crippen molar-refractivity contribution in [1.82, 2.24) is 20.6 Å². The zero-order chi connectivity index (χ0) is 19.6. The van der Waals surface area contributed by atoms with Gasteiger partial charge in [-0.3, -0.25) is 4.79 Å². The first-order valence-electron chi connectivity index (χ1n) is 7.94. The molecule has 1 aromatic heterocycles. The largest absolute Gasteiger partial charge is 0.380 e. The monoisotopic (exact) mass is 391 g/mol. The second-order valence-electron chi connectivity index (χ2n) is 5.30. The summed E-state index contributed by atoms with van der Waals surface area (Å²) in [7, 11) is 1.53. The molecule has 1 heterocycles. The number of aromatic nitrogens is 2. The molecule has 0 unspecified atom stereocenters. The van der Waals surface area contributed by atoms with Crippen LogP contribution in [0, 0.1) is 11.2 Å². The molecule has 0 aliphatic heterocycles. The van der Waals surface area contributed by atoms with E-state index in [9.17, 15) is 9.18 Å². The van der Waals surface area contributed by atoms with E-state index in [0.29, 0.717) is 23.1 Å². The van der Waals surface area contributed by atoms with Crippen LogP contribution < -0.4 is 21.3 Å². The molecule has 142 valence electrons. The number of allylic oxidation sites excluding steroid dienone is 1. The normalized spacial score (nSPS) is 10.9. The number of carbonyl (C=O) groups is 1. The van der Waals surface area contributed by atoms with Crippen LogP contribution in [0.15, 0.2) is 42.4 Å². The van der Waals surface area contributed by atoms with Gasteiger partial charge in [-0.05, 0) is 17.7 Å². The summed E-state index contributed by atoms with van der Waals surface area (Å²) in [4.78, 5) is 19.5. The Morgan fingerprint density at radius 3 is 2.93 bits per heavy atom. The first-order valence-corrected chi connectivity index (χ1v) is 8.32. The van der Waals surface area contributed by atoms with E-state index in [1.807, 2.05) is 0 Å². The summed E-state index contributed by atoms with van der Waals surface area (Å²) in [6.07, 6.45) is 3.92. The van der Waals surface area contributed by atoms with E-state index < -0.39 is 0 Å². The molecule has 0 radical (unpaired) electrons. The van der Waals surface area contributed by atoms with Crippen molar-refractivity contribution in [3.8, 4) is 0 Å². The van der Waals surface area contributed by atoms with Gasteiger partial charge in [-0.25, -0.2) is 9.37 Å². The first-order chi connectivity index (χ1) is 13.0. The number of rotatable bonds is 9. The number of hydrogen-bond acceptors (Lipinski definition) is 7. The molecule has 0 saturated heterocycles. The molecule has 5 N–H and O–H groups in total. The molecule has 10 heteroatoms. The predicted molar refractivity (Wildman–Crippen MR) is 103 cm³/mol.